The Bertz CT molecular complexity index is 678. The number of likely N-dealkylation sites (tertiary alicyclic amines) is 1. The molecule has 2 N–H and O–H groups in total. The minimum Gasteiger partial charge on any atom is -0.386 e. The van der Waals surface area contributed by atoms with Crippen LogP contribution >= 0.6 is 32.9 Å². The zero-order valence-corrected chi connectivity index (χ0v) is 17.6. The number of halogens is 2. The standard InChI is InChI=1S/C19H24BrNO3.BrH/c1-21-9-7-18-12-3-4-14(22)17(18)24-19(6-8-20)15(23)5-2-11(16(18)19)10-13(12)21;/h2-5,12-15,17,22-23H,6-10H2,1H3;1H/t12-,13+,14-,15?,17-,18-,19?;/m0./s1. The fraction of sp³-hybridized carbons (Fsp3) is 0.684. The summed E-state index contributed by atoms with van der Waals surface area (Å²) in [5.41, 5.74) is 1.79. The third-order valence-corrected chi connectivity index (χ3v) is 7.58. The Kier molecular flexibility index (Phi) is 4.42. The minimum absolute atomic E-state index is 0. The van der Waals surface area contributed by atoms with E-state index in [1.54, 1.807) is 0 Å². The third-order valence-electron chi connectivity index (χ3n) is 7.19. The Labute approximate surface area is 167 Å². The number of hydrogen-bond donors (Lipinski definition) is 2. The first-order valence-electron chi connectivity index (χ1n) is 8.95. The van der Waals surface area contributed by atoms with Gasteiger partial charge in [-0.15, -0.1) is 17.0 Å². The summed E-state index contributed by atoms with van der Waals surface area (Å²) >= 11 is 3.56. The van der Waals surface area contributed by atoms with Crippen molar-refractivity contribution in [2.75, 3.05) is 18.9 Å². The third kappa shape index (κ3) is 2.07. The summed E-state index contributed by atoms with van der Waals surface area (Å²) in [6.45, 7) is 1.02. The maximum atomic E-state index is 10.9. The van der Waals surface area contributed by atoms with E-state index in [1.807, 2.05) is 12.2 Å². The number of allylic oxidation sites excluding steroid dienone is 1. The molecule has 2 heterocycles. The number of piperidine rings is 1. The van der Waals surface area contributed by atoms with Gasteiger partial charge in [-0.3, -0.25) is 0 Å². The first kappa shape index (κ1) is 18.4. The van der Waals surface area contributed by atoms with Gasteiger partial charge in [-0.2, -0.15) is 0 Å². The van der Waals surface area contributed by atoms with Crippen molar-refractivity contribution in [3.05, 3.63) is 35.5 Å². The Balaban J connectivity index is 0.00000157. The summed E-state index contributed by atoms with van der Waals surface area (Å²) in [5, 5.41) is 22.4. The molecular formula is C19H25Br2NO3. The van der Waals surface area contributed by atoms with E-state index < -0.39 is 17.8 Å². The lowest BCUT2D eigenvalue weighted by Gasteiger charge is -2.58. The summed E-state index contributed by atoms with van der Waals surface area (Å²) in [6, 6.07) is 0.451. The fourth-order valence-corrected chi connectivity index (χ4v) is 6.84. The van der Waals surface area contributed by atoms with E-state index in [0.717, 1.165) is 31.1 Å². The van der Waals surface area contributed by atoms with E-state index in [-0.39, 0.29) is 28.5 Å². The Morgan fingerprint density at radius 2 is 2.12 bits per heavy atom. The van der Waals surface area contributed by atoms with Gasteiger partial charge >= 0.3 is 0 Å². The molecule has 0 aromatic rings. The van der Waals surface area contributed by atoms with Gasteiger partial charge in [0, 0.05) is 22.7 Å². The summed E-state index contributed by atoms with van der Waals surface area (Å²) in [5.74, 6) is 0.360. The predicted molar refractivity (Wildman–Crippen MR) is 105 cm³/mol. The number of rotatable bonds is 2. The molecule has 0 radical (unpaired) electrons. The van der Waals surface area contributed by atoms with Crippen molar-refractivity contribution in [2.24, 2.45) is 11.3 Å². The van der Waals surface area contributed by atoms with Crippen LogP contribution in [0, 0.1) is 11.3 Å². The maximum Gasteiger partial charge on any atom is 0.121 e. The molecule has 0 aromatic heterocycles. The molecule has 0 saturated carbocycles. The van der Waals surface area contributed by atoms with Crippen molar-refractivity contribution in [3.8, 4) is 0 Å². The topological polar surface area (TPSA) is 52.9 Å². The second kappa shape index (κ2) is 6.01. The minimum atomic E-state index is -0.676. The van der Waals surface area contributed by atoms with Crippen LogP contribution in [0.3, 0.4) is 0 Å². The molecule has 5 rings (SSSR count). The van der Waals surface area contributed by atoms with Crippen molar-refractivity contribution < 1.29 is 14.9 Å². The fourth-order valence-electron chi connectivity index (χ4n) is 6.26. The maximum absolute atomic E-state index is 10.9. The van der Waals surface area contributed by atoms with E-state index in [9.17, 15) is 10.2 Å². The molecule has 6 heteroatoms. The van der Waals surface area contributed by atoms with Crippen LogP contribution in [0.4, 0.5) is 0 Å². The monoisotopic (exact) mass is 473 g/mol. The molecule has 5 aliphatic rings. The van der Waals surface area contributed by atoms with E-state index in [4.69, 9.17) is 4.74 Å². The lowest BCUT2D eigenvalue weighted by Crippen LogP contribution is -2.62. The number of hydrogen-bond acceptors (Lipinski definition) is 4. The number of aliphatic hydroxyl groups excluding tert-OH is 2. The molecule has 25 heavy (non-hydrogen) atoms. The molecule has 3 aliphatic carbocycles. The van der Waals surface area contributed by atoms with Crippen LogP contribution in [-0.4, -0.2) is 64.0 Å². The van der Waals surface area contributed by atoms with Crippen LogP contribution < -0.4 is 0 Å². The first-order chi connectivity index (χ1) is 11.5. The van der Waals surface area contributed by atoms with Crippen LogP contribution in [0.5, 0.6) is 0 Å². The van der Waals surface area contributed by atoms with Crippen LogP contribution in [-0.2, 0) is 4.74 Å². The molecule has 2 fully saturated rings. The predicted octanol–water partition coefficient (Wildman–Crippen LogP) is 2.36. The summed E-state index contributed by atoms with van der Waals surface area (Å²) in [7, 11) is 2.21. The second-order valence-corrected chi connectivity index (χ2v) is 8.81. The number of ether oxygens (including phenoxy) is 1. The number of nitrogens with zero attached hydrogens (tertiary/aromatic N) is 1. The largest absolute Gasteiger partial charge is 0.386 e. The molecule has 0 aromatic carbocycles. The van der Waals surface area contributed by atoms with Crippen molar-refractivity contribution in [3.63, 3.8) is 0 Å². The molecule has 4 nitrogen and oxygen atoms in total. The quantitative estimate of drug-likeness (QED) is 0.476. The number of alkyl halides is 1. The van der Waals surface area contributed by atoms with Crippen molar-refractivity contribution >= 4 is 32.9 Å². The van der Waals surface area contributed by atoms with Crippen LogP contribution in [0.25, 0.3) is 0 Å². The molecule has 2 aliphatic heterocycles. The van der Waals surface area contributed by atoms with Gasteiger partial charge in [0.05, 0.1) is 12.2 Å². The smallest absolute Gasteiger partial charge is 0.121 e. The van der Waals surface area contributed by atoms with Gasteiger partial charge in [-0.05, 0) is 44.0 Å². The van der Waals surface area contributed by atoms with Gasteiger partial charge in [0.15, 0.2) is 0 Å². The summed E-state index contributed by atoms with van der Waals surface area (Å²) < 4.78 is 6.61. The first-order valence-corrected chi connectivity index (χ1v) is 10.1. The normalized spacial score (nSPS) is 49.8. The van der Waals surface area contributed by atoms with Gasteiger partial charge in [0.25, 0.3) is 0 Å². The molecule has 138 valence electrons. The molecule has 2 saturated heterocycles. The second-order valence-electron chi connectivity index (χ2n) is 8.01. The molecular weight excluding hydrogens is 450 g/mol. The molecule has 2 bridgehead atoms. The molecule has 1 spiro atoms. The summed E-state index contributed by atoms with van der Waals surface area (Å²) in [4.78, 5) is 2.46. The Hall–Kier alpha value is 0.0200. The highest BCUT2D eigenvalue weighted by Gasteiger charge is 2.70. The van der Waals surface area contributed by atoms with E-state index in [0.29, 0.717) is 12.0 Å². The highest BCUT2D eigenvalue weighted by Crippen LogP contribution is 2.67. The van der Waals surface area contributed by atoms with Gasteiger partial charge < -0.3 is 19.8 Å². The van der Waals surface area contributed by atoms with Gasteiger partial charge in [0.2, 0.25) is 0 Å². The lowest BCUT2D eigenvalue weighted by atomic mass is 9.50. The van der Waals surface area contributed by atoms with Crippen LogP contribution in [0.2, 0.25) is 0 Å². The Morgan fingerprint density at radius 3 is 2.88 bits per heavy atom. The lowest BCUT2D eigenvalue weighted by molar-refractivity contribution is -0.141. The van der Waals surface area contributed by atoms with Gasteiger partial charge in [-0.1, -0.05) is 40.2 Å². The zero-order chi connectivity index (χ0) is 16.7. The average molecular weight is 475 g/mol. The molecule has 0 amide bonds. The van der Waals surface area contributed by atoms with Crippen molar-refractivity contribution in [1.82, 2.24) is 4.90 Å². The SMILES string of the molecule is Br.CN1CC[C@]23C4=C5C=CC(O)C4(CCBr)O[C@H]2[C@@H](O)C=C[C@H]3[C@H]1C5. The van der Waals surface area contributed by atoms with Gasteiger partial charge in [0.1, 0.15) is 11.7 Å². The van der Waals surface area contributed by atoms with E-state index in [2.05, 4.69) is 40.0 Å². The van der Waals surface area contributed by atoms with Gasteiger partial charge in [-0.25, -0.2) is 0 Å². The van der Waals surface area contributed by atoms with Crippen molar-refractivity contribution in [1.29, 1.82) is 0 Å². The van der Waals surface area contributed by atoms with E-state index >= 15 is 0 Å². The van der Waals surface area contributed by atoms with Crippen LogP contribution in [0.1, 0.15) is 19.3 Å². The highest BCUT2D eigenvalue weighted by atomic mass is 79.9. The molecule has 7 atom stereocenters. The van der Waals surface area contributed by atoms with Crippen molar-refractivity contribution in [2.45, 2.75) is 49.2 Å². The van der Waals surface area contributed by atoms with E-state index in [1.165, 1.54) is 11.1 Å². The van der Waals surface area contributed by atoms with Crippen LogP contribution in [0.15, 0.2) is 35.5 Å². The average Bonchev–Trinajstić information content (AvgIpc) is 2.87. The highest BCUT2D eigenvalue weighted by molar-refractivity contribution is 9.09. The zero-order valence-electron chi connectivity index (χ0n) is 14.3. The Morgan fingerprint density at radius 1 is 1.32 bits per heavy atom. The summed E-state index contributed by atoms with van der Waals surface area (Å²) in [6.07, 6.45) is 9.40. The number of aliphatic hydroxyl groups is 2. The molecule has 2 unspecified atom stereocenters.